The Morgan fingerprint density at radius 1 is 1.15 bits per heavy atom. The Morgan fingerprint density at radius 3 is 2.45 bits per heavy atom. The van der Waals surface area contributed by atoms with Crippen LogP contribution in [-0.4, -0.2) is 24.9 Å². The van der Waals surface area contributed by atoms with Crippen LogP contribution in [0.1, 0.15) is 39.7 Å². The van der Waals surface area contributed by atoms with Crippen LogP contribution in [0.3, 0.4) is 0 Å². The summed E-state index contributed by atoms with van der Waals surface area (Å²) < 4.78 is 12.3. The van der Waals surface area contributed by atoms with E-state index in [-0.39, 0.29) is 18.3 Å². The summed E-state index contributed by atoms with van der Waals surface area (Å²) in [6.45, 7) is 9.28. The van der Waals surface area contributed by atoms with Crippen molar-refractivity contribution in [1.29, 1.82) is 0 Å². The molecule has 1 fully saturated rings. The Balaban J connectivity index is 2.00. The average Bonchev–Trinajstić information content (AvgIpc) is 2.59. The lowest BCUT2D eigenvalue weighted by atomic mass is 9.74. The second-order valence-electron chi connectivity index (χ2n) is 6.61. The first-order chi connectivity index (χ1) is 9.32. The minimum absolute atomic E-state index is 0.313. The average molecular weight is 294 g/mol. The summed E-state index contributed by atoms with van der Waals surface area (Å²) in [7, 11) is -0.314. The van der Waals surface area contributed by atoms with Crippen molar-refractivity contribution in [3.05, 3.63) is 22.7 Å². The lowest BCUT2D eigenvalue weighted by Crippen LogP contribution is -2.41. The van der Waals surface area contributed by atoms with Gasteiger partial charge in [-0.15, -0.1) is 0 Å². The number of halogens is 1. The van der Waals surface area contributed by atoms with E-state index in [4.69, 9.17) is 20.9 Å². The van der Waals surface area contributed by atoms with Crippen molar-refractivity contribution in [2.24, 2.45) is 0 Å². The largest absolute Gasteiger partial charge is 0.495 e. The predicted octanol–water partition coefficient (Wildman–Crippen LogP) is 3.00. The van der Waals surface area contributed by atoms with E-state index in [2.05, 4.69) is 33.0 Å². The Hall–Kier alpha value is -0.705. The molecule has 2 heterocycles. The maximum absolute atomic E-state index is 6.29. The van der Waals surface area contributed by atoms with E-state index in [1.807, 2.05) is 12.1 Å². The van der Waals surface area contributed by atoms with Crippen LogP contribution in [0.4, 0.5) is 5.69 Å². The van der Waals surface area contributed by atoms with Crippen LogP contribution >= 0.6 is 11.6 Å². The summed E-state index contributed by atoms with van der Waals surface area (Å²) >= 11 is 6.29. The first kappa shape index (κ1) is 14.2. The third-order valence-corrected chi connectivity index (χ3v) is 5.03. The zero-order valence-electron chi connectivity index (χ0n) is 12.5. The molecular formula is C15H21BClNO2. The molecule has 1 saturated heterocycles. The second-order valence-corrected chi connectivity index (χ2v) is 7.02. The molecule has 2 aliphatic heterocycles. The highest BCUT2D eigenvalue weighted by Crippen LogP contribution is 2.38. The van der Waals surface area contributed by atoms with Crippen LogP contribution in [0.15, 0.2) is 12.1 Å². The van der Waals surface area contributed by atoms with E-state index in [0.717, 1.165) is 35.6 Å². The van der Waals surface area contributed by atoms with Crippen LogP contribution in [-0.2, 0) is 15.7 Å². The number of hydrogen-bond donors (Lipinski definition) is 1. The molecule has 0 saturated carbocycles. The minimum Gasteiger partial charge on any atom is -0.399 e. The zero-order chi connectivity index (χ0) is 14.5. The maximum Gasteiger partial charge on any atom is 0.495 e. The van der Waals surface area contributed by atoms with Crippen molar-refractivity contribution in [2.75, 3.05) is 11.9 Å². The van der Waals surface area contributed by atoms with Gasteiger partial charge in [0.15, 0.2) is 0 Å². The summed E-state index contributed by atoms with van der Waals surface area (Å²) in [6.07, 6.45) is 2.13. The number of anilines is 1. The second kappa shape index (κ2) is 4.65. The van der Waals surface area contributed by atoms with E-state index in [9.17, 15) is 0 Å². The van der Waals surface area contributed by atoms with Gasteiger partial charge in [-0.05, 0) is 57.6 Å². The molecular weight excluding hydrogens is 272 g/mol. The van der Waals surface area contributed by atoms with Gasteiger partial charge in [0.2, 0.25) is 0 Å². The normalized spacial score (nSPS) is 23.4. The standard InChI is InChI=1S/C15H21BClNO2/c1-14(2)15(3,4)20-16(19-14)11-7-8-12(17)13-10(11)6-5-9-18-13/h7-8,18H,5-6,9H2,1-4H3. The molecule has 1 N–H and O–H groups in total. The summed E-state index contributed by atoms with van der Waals surface area (Å²) in [5.41, 5.74) is 2.76. The summed E-state index contributed by atoms with van der Waals surface area (Å²) in [4.78, 5) is 0. The van der Waals surface area contributed by atoms with Gasteiger partial charge in [-0.1, -0.05) is 17.7 Å². The van der Waals surface area contributed by atoms with Gasteiger partial charge in [0, 0.05) is 6.54 Å². The Morgan fingerprint density at radius 2 is 1.80 bits per heavy atom. The van der Waals surface area contributed by atoms with E-state index < -0.39 is 0 Å². The quantitative estimate of drug-likeness (QED) is 0.808. The third kappa shape index (κ3) is 2.14. The fraction of sp³-hybridized carbons (Fsp3) is 0.600. The molecule has 0 bridgehead atoms. The van der Waals surface area contributed by atoms with Crippen LogP contribution in [0.2, 0.25) is 5.02 Å². The highest BCUT2D eigenvalue weighted by Gasteiger charge is 2.52. The topological polar surface area (TPSA) is 30.5 Å². The van der Waals surface area contributed by atoms with Gasteiger partial charge < -0.3 is 14.6 Å². The monoisotopic (exact) mass is 293 g/mol. The molecule has 2 aliphatic rings. The highest BCUT2D eigenvalue weighted by atomic mass is 35.5. The Bertz CT molecular complexity index is 529. The lowest BCUT2D eigenvalue weighted by Gasteiger charge is -2.32. The Labute approximate surface area is 126 Å². The molecule has 0 radical (unpaired) electrons. The van der Waals surface area contributed by atoms with Crippen molar-refractivity contribution in [3.8, 4) is 0 Å². The summed E-state index contributed by atoms with van der Waals surface area (Å²) in [6, 6.07) is 3.97. The van der Waals surface area contributed by atoms with E-state index in [1.165, 1.54) is 5.56 Å². The minimum atomic E-state index is -0.314. The van der Waals surface area contributed by atoms with Gasteiger partial charge in [-0.3, -0.25) is 0 Å². The van der Waals surface area contributed by atoms with Gasteiger partial charge >= 0.3 is 7.12 Å². The van der Waals surface area contributed by atoms with Gasteiger partial charge in [0.05, 0.1) is 21.9 Å². The number of hydrogen-bond acceptors (Lipinski definition) is 3. The van der Waals surface area contributed by atoms with Gasteiger partial charge in [-0.25, -0.2) is 0 Å². The van der Waals surface area contributed by atoms with Crippen molar-refractivity contribution >= 4 is 29.9 Å². The molecule has 0 atom stereocenters. The zero-order valence-corrected chi connectivity index (χ0v) is 13.3. The molecule has 108 valence electrons. The van der Waals surface area contributed by atoms with Crippen molar-refractivity contribution < 1.29 is 9.31 Å². The highest BCUT2D eigenvalue weighted by molar-refractivity contribution is 6.63. The first-order valence-corrected chi connectivity index (χ1v) is 7.60. The molecule has 0 unspecified atom stereocenters. The van der Waals surface area contributed by atoms with E-state index >= 15 is 0 Å². The first-order valence-electron chi connectivity index (χ1n) is 7.23. The molecule has 20 heavy (non-hydrogen) atoms. The fourth-order valence-electron chi connectivity index (χ4n) is 2.77. The van der Waals surface area contributed by atoms with Gasteiger partial charge in [0.1, 0.15) is 0 Å². The smallest absolute Gasteiger partial charge is 0.399 e. The Kier molecular flexibility index (Phi) is 3.31. The number of rotatable bonds is 1. The SMILES string of the molecule is CC1(C)OB(c2ccc(Cl)c3c2CCCN3)OC1(C)C. The van der Waals surface area contributed by atoms with E-state index in [0.29, 0.717) is 0 Å². The predicted molar refractivity (Wildman–Crippen MR) is 84.0 cm³/mol. The number of benzene rings is 1. The molecule has 5 heteroatoms. The van der Waals surface area contributed by atoms with Crippen molar-refractivity contribution in [3.63, 3.8) is 0 Å². The van der Waals surface area contributed by atoms with Crippen molar-refractivity contribution in [2.45, 2.75) is 51.7 Å². The fourth-order valence-corrected chi connectivity index (χ4v) is 3.01. The van der Waals surface area contributed by atoms with Crippen LogP contribution in [0, 0.1) is 0 Å². The molecule has 3 nitrogen and oxygen atoms in total. The lowest BCUT2D eigenvalue weighted by molar-refractivity contribution is 0.00578. The summed E-state index contributed by atoms with van der Waals surface area (Å²) in [5.74, 6) is 0. The van der Waals surface area contributed by atoms with E-state index in [1.54, 1.807) is 0 Å². The summed E-state index contributed by atoms with van der Waals surface area (Å²) in [5, 5.41) is 4.17. The number of nitrogens with one attached hydrogen (secondary N) is 1. The van der Waals surface area contributed by atoms with Crippen molar-refractivity contribution in [1.82, 2.24) is 0 Å². The maximum atomic E-state index is 6.29. The third-order valence-electron chi connectivity index (χ3n) is 4.71. The molecule has 0 aliphatic carbocycles. The molecule has 1 aromatic carbocycles. The molecule has 0 amide bonds. The molecule has 0 spiro atoms. The molecule has 1 aromatic rings. The van der Waals surface area contributed by atoms with Gasteiger partial charge in [0.25, 0.3) is 0 Å². The molecule has 3 rings (SSSR count). The van der Waals surface area contributed by atoms with Crippen LogP contribution in [0.25, 0.3) is 0 Å². The van der Waals surface area contributed by atoms with Crippen LogP contribution in [0.5, 0.6) is 0 Å². The van der Waals surface area contributed by atoms with Crippen LogP contribution < -0.4 is 10.8 Å². The number of fused-ring (bicyclic) bond motifs is 1. The molecule has 0 aromatic heterocycles. The van der Waals surface area contributed by atoms with Gasteiger partial charge in [-0.2, -0.15) is 0 Å².